The molecule has 32 heavy (non-hydrogen) atoms. The third kappa shape index (κ3) is 4.22. The van der Waals surface area contributed by atoms with Gasteiger partial charge in [-0.1, -0.05) is 25.3 Å². The summed E-state index contributed by atoms with van der Waals surface area (Å²) >= 11 is 0. The van der Waals surface area contributed by atoms with Crippen LogP contribution in [0.5, 0.6) is 0 Å². The highest BCUT2D eigenvalue weighted by Crippen LogP contribution is 2.31. The molecule has 3 aromatic rings. The van der Waals surface area contributed by atoms with E-state index >= 15 is 0 Å². The Morgan fingerprint density at radius 1 is 1.09 bits per heavy atom. The number of aromatic nitrogens is 5. The van der Waals surface area contributed by atoms with Crippen LogP contribution in [0.2, 0.25) is 0 Å². The molecule has 0 atom stereocenters. The number of fused-ring (bicyclic) bond motifs is 1. The average Bonchev–Trinajstić information content (AvgIpc) is 3.26. The highest BCUT2D eigenvalue weighted by atomic mass is 16.5. The fourth-order valence-electron chi connectivity index (χ4n) is 4.60. The van der Waals surface area contributed by atoms with Crippen molar-refractivity contribution in [1.29, 1.82) is 0 Å². The summed E-state index contributed by atoms with van der Waals surface area (Å²) in [7, 11) is 0. The standard InChI is InChI=1S/C22H28N8O2/c23-20(31)19-21(27-22(29-28-19)25-14-5-2-1-3-6-14)26-17-7-4-8-18-16(17)13-24-30(18)15-9-11-32-12-10-15/h4,7-8,13-15H,1-3,5-6,9-12H2,(H2,23,31)(H2,25,26,27,29). The van der Waals surface area contributed by atoms with Crippen molar-refractivity contribution in [2.45, 2.75) is 57.0 Å². The molecular weight excluding hydrogens is 408 g/mol. The van der Waals surface area contributed by atoms with Gasteiger partial charge in [0.1, 0.15) is 0 Å². The van der Waals surface area contributed by atoms with Crippen molar-refractivity contribution in [1.82, 2.24) is 25.0 Å². The highest BCUT2D eigenvalue weighted by molar-refractivity contribution is 5.98. The Balaban J connectivity index is 1.45. The Kier molecular flexibility index (Phi) is 5.85. The second-order valence-corrected chi connectivity index (χ2v) is 8.47. The molecule has 4 N–H and O–H groups in total. The summed E-state index contributed by atoms with van der Waals surface area (Å²) in [5.41, 5.74) is 7.36. The quantitative estimate of drug-likeness (QED) is 0.537. The normalized spacial score (nSPS) is 18.0. The van der Waals surface area contributed by atoms with E-state index in [4.69, 9.17) is 10.5 Å². The first-order valence-corrected chi connectivity index (χ1v) is 11.3. The van der Waals surface area contributed by atoms with E-state index in [0.29, 0.717) is 18.0 Å². The number of hydrogen-bond donors (Lipinski definition) is 3. The zero-order valence-corrected chi connectivity index (χ0v) is 18.0. The number of rotatable bonds is 6. The van der Waals surface area contributed by atoms with E-state index in [1.807, 2.05) is 24.4 Å². The fraction of sp³-hybridized carbons (Fsp3) is 0.500. The molecular formula is C22H28N8O2. The van der Waals surface area contributed by atoms with Gasteiger partial charge in [-0.05, 0) is 37.8 Å². The third-order valence-corrected chi connectivity index (χ3v) is 6.29. The molecule has 1 aromatic carbocycles. The first kappa shape index (κ1) is 20.6. The summed E-state index contributed by atoms with van der Waals surface area (Å²) in [5.74, 6) is 0.00777. The molecule has 168 valence electrons. The van der Waals surface area contributed by atoms with Crippen molar-refractivity contribution in [3.8, 4) is 0 Å². The highest BCUT2D eigenvalue weighted by Gasteiger charge is 2.21. The van der Waals surface area contributed by atoms with Crippen molar-refractivity contribution < 1.29 is 9.53 Å². The molecule has 2 aromatic heterocycles. The second kappa shape index (κ2) is 9.07. The van der Waals surface area contributed by atoms with Crippen molar-refractivity contribution in [2.24, 2.45) is 5.73 Å². The van der Waals surface area contributed by atoms with Crippen LogP contribution >= 0.6 is 0 Å². The van der Waals surface area contributed by atoms with Crippen molar-refractivity contribution in [2.75, 3.05) is 23.8 Å². The predicted molar refractivity (Wildman–Crippen MR) is 121 cm³/mol. The molecule has 1 aliphatic heterocycles. The van der Waals surface area contributed by atoms with Crippen LogP contribution in [0.1, 0.15) is 61.5 Å². The SMILES string of the molecule is NC(=O)c1nnc(NC2CCCCC2)nc1Nc1cccc2c1cnn2C1CCOCC1. The zero-order valence-electron chi connectivity index (χ0n) is 18.0. The largest absolute Gasteiger partial charge is 0.381 e. The first-order chi connectivity index (χ1) is 15.7. The summed E-state index contributed by atoms with van der Waals surface area (Å²) in [6, 6.07) is 6.57. The minimum absolute atomic E-state index is 0.00742. The molecule has 0 unspecified atom stereocenters. The summed E-state index contributed by atoms with van der Waals surface area (Å²) in [4.78, 5) is 16.5. The Hall–Kier alpha value is -3.27. The van der Waals surface area contributed by atoms with Gasteiger partial charge in [0, 0.05) is 24.6 Å². The fourth-order valence-corrected chi connectivity index (χ4v) is 4.60. The van der Waals surface area contributed by atoms with Crippen LogP contribution in [0.15, 0.2) is 24.4 Å². The lowest BCUT2D eigenvalue weighted by atomic mass is 9.96. The first-order valence-electron chi connectivity index (χ1n) is 11.3. The van der Waals surface area contributed by atoms with Crippen LogP contribution in [-0.2, 0) is 4.74 Å². The molecule has 1 aliphatic carbocycles. The van der Waals surface area contributed by atoms with E-state index in [2.05, 4.69) is 35.6 Å². The number of carbonyl (C=O) groups is 1. The minimum atomic E-state index is -0.679. The summed E-state index contributed by atoms with van der Waals surface area (Å²) in [6.07, 6.45) is 9.51. The van der Waals surface area contributed by atoms with Gasteiger partial charge in [-0.15, -0.1) is 10.2 Å². The molecule has 1 saturated carbocycles. The number of anilines is 3. The predicted octanol–water partition coefficient (Wildman–Crippen LogP) is 3.16. The van der Waals surface area contributed by atoms with Crippen molar-refractivity contribution >= 4 is 34.3 Å². The number of nitrogens with two attached hydrogens (primary N) is 1. The Morgan fingerprint density at radius 2 is 1.91 bits per heavy atom. The smallest absolute Gasteiger partial charge is 0.273 e. The Labute approximate surface area is 185 Å². The molecule has 2 aliphatic rings. The Bertz CT molecular complexity index is 1100. The Morgan fingerprint density at radius 3 is 2.69 bits per heavy atom. The van der Waals surface area contributed by atoms with Crippen LogP contribution in [-0.4, -0.2) is 50.1 Å². The van der Waals surface area contributed by atoms with Gasteiger partial charge < -0.3 is 21.1 Å². The van der Waals surface area contributed by atoms with Crippen LogP contribution in [0.4, 0.5) is 17.5 Å². The molecule has 10 nitrogen and oxygen atoms in total. The molecule has 2 fully saturated rings. The van der Waals surface area contributed by atoms with Gasteiger partial charge in [-0.25, -0.2) is 0 Å². The zero-order chi connectivity index (χ0) is 21.9. The van der Waals surface area contributed by atoms with E-state index in [1.54, 1.807) is 0 Å². The molecule has 0 spiro atoms. The van der Waals surface area contributed by atoms with Crippen LogP contribution in [0.3, 0.4) is 0 Å². The number of benzene rings is 1. The molecule has 0 radical (unpaired) electrons. The molecule has 1 amide bonds. The van der Waals surface area contributed by atoms with E-state index < -0.39 is 5.91 Å². The van der Waals surface area contributed by atoms with E-state index in [9.17, 15) is 4.79 Å². The maximum atomic E-state index is 12.0. The van der Waals surface area contributed by atoms with Crippen LogP contribution < -0.4 is 16.4 Å². The third-order valence-electron chi connectivity index (χ3n) is 6.29. The van der Waals surface area contributed by atoms with Gasteiger partial charge in [0.25, 0.3) is 5.91 Å². The van der Waals surface area contributed by atoms with Gasteiger partial charge in [-0.2, -0.15) is 10.1 Å². The van der Waals surface area contributed by atoms with E-state index in [0.717, 1.165) is 55.5 Å². The number of hydrogen-bond acceptors (Lipinski definition) is 8. The average molecular weight is 437 g/mol. The molecule has 0 bridgehead atoms. The van der Waals surface area contributed by atoms with Crippen LogP contribution in [0.25, 0.3) is 10.9 Å². The topological polar surface area (TPSA) is 133 Å². The summed E-state index contributed by atoms with van der Waals surface area (Å²) in [5, 5.41) is 20.3. The number of nitrogens with zero attached hydrogens (tertiary/aromatic N) is 5. The summed E-state index contributed by atoms with van der Waals surface area (Å²) < 4.78 is 7.55. The number of ether oxygens (including phenoxy) is 1. The second-order valence-electron chi connectivity index (χ2n) is 8.47. The maximum Gasteiger partial charge on any atom is 0.273 e. The van der Waals surface area contributed by atoms with Gasteiger partial charge in [0.15, 0.2) is 11.5 Å². The van der Waals surface area contributed by atoms with Gasteiger partial charge in [-0.3, -0.25) is 9.48 Å². The molecule has 1 saturated heterocycles. The number of amides is 1. The van der Waals surface area contributed by atoms with Gasteiger partial charge in [0.05, 0.1) is 23.4 Å². The lowest BCUT2D eigenvalue weighted by Crippen LogP contribution is -2.25. The number of nitrogens with one attached hydrogen (secondary N) is 2. The van der Waals surface area contributed by atoms with Crippen molar-refractivity contribution in [3.63, 3.8) is 0 Å². The number of primary amides is 1. The van der Waals surface area contributed by atoms with Gasteiger partial charge in [0.2, 0.25) is 5.95 Å². The van der Waals surface area contributed by atoms with E-state index in [1.165, 1.54) is 19.3 Å². The van der Waals surface area contributed by atoms with Crippen LogP contribution in [0, 0.1) is 0 Å². The maximum absolute atomic E-state index is 12.0. The molecule has 3 heterocycles. The van der Waals surface area contributed by atoms with Gasteiger partial charge >= 0.3 is 0 Å². The molecule has 10 heteroatoms. The van der Waals surface area contributed by atoms with Crippen molar-refractivity contribution in [3.05, 3.63) is 30.1 Å². The van der Waals surface area contributed by atoms with E-state index in [-0.39, 0.29) is 11.5 Å². The number of carbonyl (C=O) groups excluding carboxylic acids is 1. The molecule has 5 rings (SSSR count). The monoisotopic (exact) mass is 436 g/mol. The lowest BCUT2D eigenvalue weighted by molar-refractivity contribution is 0.0675. The minimum Gasteiger partial charge on any atom is -0.381 e. The lowest BCUT2D eigenvalue weighted by Gasteiger charge is -2.23. The summed E-state index contributed by atoms with van der Waals surface area (Å²) in [6.45, 7) is 1.49.